The molecule has 15 heavy (non-hydrogen) atoms. The molecule has 3 nitrogen and oxygen atoms in total. The maximum absolute atomic E-state index is 11.3. The number of primary amides is 1. The number of nitrogens with zero attached hydrogens (tertiary/aromatic N) is 1. The highest BCUT2D eigenvalue weighted by Crippen LogP contribution is 2.30. The molecule has 0 radical (unpaired) electrons. The zero-order valence-electron chi connectivity index (χ0n) is 8.49. The molecule has 4 heteroatoms. The van der Waals surface area contributed by atoms with Crippen molar-refractivity contribution in [2.75, 3.05) is 0 Å². The summed E-state index contributed by atoms with van der Waals surface area (Å²) in [5.74, 6) is -0.346. The summed E-state index contributed by atoms with van der Waals surface area (Å²) in [6.07, 6.45) is 3.62. The molecule has 2 heterocycles. The molecule has 0 saturated heterocycles. The number of fused-ring (bicyclic) bond motifs is 1. The normalized spacial score (nSPS) is 10.7. The molecule has 2 aromatic rings. The van der Waals surface area contributed by atoms with E-state index < -0.39 is 0 Å². The van der Waals surface area contributed by atoms with E-state index in [4.69, 9.17) is 5.73 Å². The minimum absolute atomic E-state index is 0.346. The van der Waals surface area contributed by atoms with Crippen molar-refractivity contribution in [3.63, 3.8) is 0 Å². The highest BCUT2D eigenvalue weighted by atomic mass is 32.1. The van der Waals surface area contributed by atoms with E-state index in [1.165, 1.54) is 11.3 Å². The number of hydrogen-bond acceptors (Lipinski definition) is 3. The van der Waals surface area contributed by atoms with Crippen molar-refractivity contribution in [1.29, 1.82) is 0 Å². The molecule has 0 fully saturated rings. The first-order valence-electron chi connectivity index (χ1n) is 4.90. The number of carbonyl (C=O) groups is 1. The highest BCUT2D eigenvalue weighted by molar-refractivity contribution is 7.20. The molecule has 2 aromatic heterocycles. The fourth-order valence-electron chi connectivity index (χ4n) is 1.68. The number of aryl methyl sites for hydroxylation is 1. The second-order valence-electron chi connectivity index (χ2n) is 3.38. The van der Waals surface area contributed by atoms with Gasteiger partial charge in [0, 0.05) is 11.6 Å². The topological polar surface area (TPSA) is 56.0 Å². The first-order valence-corrected chi connectivity index (χ1v) is 5.72. The molecule has 0 spiro atoms. The van der Waals surface area contributed by atoms with E-state index in [2.05, 4.69) is 11.9 Å². The summed E-state index contributed by atoms with van der Waals surface area (Å²) in [6.45, 7) is 2.09. The van der Waals surface area contributed by atoms with E-state index in [0.29, 0.717) is 4.88 Å². The van der Waals surface area contributed by atoms with E-state index in [0.717, 1.165) is 28.6 Å². The first-order chi connectivity index (χ1) is 7.24. The average Bonchev–Trinajstić information content (AvgIpc) is 2.58. The standard InChI is InChI=1S/C11H12N2OS/c1-2-4-7-8-5-3-6-13-11(8)15-9(7)10(12)14/h3,5-6H,2,4H2,1H3,(H2,12,14). The number of thiophene rings is 1. The van der Waals surface area contributed by atoms with E-state index in [-0.39, 0.29) is 5.91 Å². The third-order valence-corrected chi connectivity index (χ3v) is 3.46. The van der Waals surface area contributed by atoms with E-state index in [9.17, 15) is 4.79 Å². The second kappa shape index (κ2) is 3.98. The van der Waals surface area contributed by atoms with Crippen molar-refractivity contribution in [3.8, 4) is 0 Å². The van der Waals surface area contributed by atoms with Gasteiger partial charge in [-0.15, -0.1) is 11.3 Å². The van der Waals surface area contributed by atoms with Gasteiger partial charge in [-0.3, -0.25) is 4.79 Å². The van der Waals surface area contributed by atoms with Crippen molar-refractivity contribution in [2.24, 2.45) is 5.73 Å². The van der Waals surface area contributed by atoms with Crippen LogP contribution in [0.3, 0.4) is 0 Å². The monoisotopic (exact) mass is 220 g/mol. The molecule has 1 amide bonds. The Morgan fingerprint density at radius 1 is 1.60 bits per heavy atom. The van der Waals surface area contributed by atoms with Crippen LogP contribution in [0.4, 0.5) is 0 Å². The maximum Gasteiger partial charge on any atom is 0.259 e. The summed E-state index contributed by atoms with van der Waals surface area (Å²) in [6, 6.07) is 3.88. The third-order valence-electron chi connectivity index (χ3n) is 2.29. The third kappa shape index (κ3) is 1.72. The van der Waals surface area contributed by atoms with Gasteiger partial charge in [-0.05, 0) is 18.1 Å². The van der Waals surface area contributed by atoms with Crippen LogP contribution in [-0.4, -0.2) is 10.9 Å². The molecule has 2 N–H and O–H groups in total. The number of nitrogens with two attached hydrogens (primary N) is 1. The molecule has 0 aliphatic rings. The lowest BCUT2D eigenvalue weighted by atomic mass is 10.1. The molecule has 0 aliphatic heterocycles. The van der Waals surface area contributed by atoms with Crippen molar-refractivity contribution in [1.82, 2.24) is 4.98 Å². The fraction of sp³-hybridized carbons (Fsp3) is 0.273. The zero-order chi connectivity index (χ0) is 10.8. The minimum atomic E-state index is -0.346. The number of pyridine rings is 1. The van der Waals surface area contributed by atoms with Crippen molar-refractivity contribution < 1.29 is 4.79 Å². The number of aromatic nitrogens is 1. The molecule has 0 bridgehead atoms. The Hall–Kier alpha value is -1.42. The first kappa shape index (κ1) is 10.1. The van der Waals surface area contributed by atoms with Crippen LogP contribution in [0.25, 0.3) is 10.2 Å². The quantitative estimate of drug-likeness (QED) is 0.863. The Morgan fingerprint density at radius 2 is 2.40 bits per heavy atom. The smallest absolute Gasteiger partial charge is 0.259 e. The zero-order valence-corrected chi connectivity index (χ0v) is 9.30. The average molecular weight is 220 g/mol. The summed E-state index contributed by atoms with van der Waals surface area (Å²) < 4.78 is 0. The van der Waals surface area contributed by atoms with Crippen LogP contribution in [0, 0.1) is 0 Å². The molecule has 0 saturated carbocycles. The van der Waals surface area contributed by atoms with Crippen LogP contribution in [0.1, 0.15) is 28.6 Å². The Balaban J connectivity index is 2.68. The predicted octanol–water partition coefficient (Wildman–Crippen LogP) is 2.35. The minimum Gasteiger partial charge on any atom is -0.365 e. The number of hydrogen-bond donors (Lipinski definition) is 1. The van der Waals surface area contributed by atoms with Gasteiger partial charge < -0.3 is 5.73 Å². The van der Waals surface area contributed by atoms with Gasteiger partial charge in [0.1, 0.15) is 4.83 Å². The van der Waals surface area contributed by atoms with Crippen LogP contribution in [-0.2, 0) is 6.42 Å². The SMILES string of the molecule is CCCc1c(C(N)=O)sc2ncccc12. The molecule has 0 atom stereocenters. The van der Waals surface area contributed by atoms with Gasteiger partial charge in [-0.1, -0.05) is 19.4 Å². The Labute approximate surface area is 91.9 Å². The van der Waals surface area contributed by atoms with Crippen molar-refractivity contribution >= 4 is 27.5 Å². The summed E-state index contributed by atoms with van der Waals surface area (Å²) in [5, 5.41) is 1.07. The number of rotatable bonds is 3. The molecule has 0 unspecified atom stereocenters. The summed E-state index contributed by atoms with van der Waals surface area (Å²) in [4.78, 5) is 17.1. The molecule has 0 aliphatic carbocycles. The Kier molecular flexibility index (Phi) is 2.68. The van der Waals surface area contributed by atoms with Gasteiger partial charge in [-0.25, -0.2) is 4.98 Å². The van der Waals surface area contributed by atoms with Crippen LogP contribution in [0.5, 0.6) is 0 Å². The van der Waals surface area contributed by atoms with Crippen LogP contribution < -0.4 is 5.73 Å². The van der Waals surface area contributed by atoms with Crippen LogP contribution in [0.15, 0.2) is 18.3 Å². The van der Waals surface area contributed by atoms with Gasteiger partial charge in [0.25, 0.3) is 5.91 Å². The molecular weight excluding hydrogens is 208 g/mol. The van der Waals surface area contributed by atoms with Crippen molar-refractivity contribution in [2.45, 2.75) is 19.8 Å². The van der Waals surface area contributed by atoms with E-state index in [1.807, 2.05) is 12.1 Å². The lowest BCUT2D eigenvalue weighted by Crippen LogP contribution is -2.11. The van der Waals surface area contributed by atoms with Gasteiger partial charge in [-0.2, -0.15) is 0 Å². The largest absolute Gasteiger partial charge is 0.365 e. The second-order valence-corrected chi connectivity index (χ2v) is 4.38. The highest BCUT2D eigenvalue weighted by Gasteiger charge is 2.15. The van der Waals surface area contributed by atoms with E-state index >= 15 is 0 Å². The number of carbonyl (C=O) groups excluding carboxylic acids is 1. The summed E-state index contributed by atoms with van der Waals surface area (Å²) >= 11 is 1.39. The van der Waals surface area contributed by atoms with Crippen LogP contribution >= 0.6 is 11.3 Å². The van der Waals surface area contributed by atoms with Gasteiger partial charge in [0.2, 0.25) is 0 Å². The van der Waals surface area contributed by atoms with E-state index in [1.54, 1.807) is 6.20 Å². The summed E-state index contributed by atoms with van der Waals surface area (Å²) in [7, 11) is 0. The van der Waals surface area contributed by atoms with Gasteiger partial charge >= 0.3 is 0 Å². The maximum atomic E-state index is 11.3. The van der Waals surface area contributed by atoms with Gasteiger partial charge in [0.05, 0.1) is 4.88 Å². The molecule has 78 valence electrons. The van der Waals surface area contributed by atoms with Crippen molar-refractivity contribution in [3.05, 3.63) is 28.8 Å². The fourth-order valence-corrected chi connectivity index (χ4v) is 2.72. The number of amides is 1. The molecule has 0 aromatic carbocycles. The lowest BCUT2D eigenvalue weighted by molar-refractivity contribution is 0.100. The molecule has 2 rings (SSSR count). The molecular formula is C11H12N2OS. The Bertz CT molecular complexity index is 504. The lowest BCUT2D eigenvalue weighted by Gasteiger charge is -1.98. The van der Waals surface area contributed by atoms with Gasteiger partial charge in [0.15, 0.2) is 0 Å². The summed E-state index contributed by atoms with van der Waals surface area (Å²) in [5.41, 5.74) is 6.41. The predicted molar refractivity (Wildman–Crippen MR) is 62.1 cm³/mol. The Morgan fingerprint density at radius 3 is 3.07 bits per heavy atom. The van der Waals surface area contributed by atoms with Crippen LogP contribution in [0.2, 0.25) is 0 Å².